The van der Waals surface area contributed by atoms with E-state index in [4.69, 9.17) is 0 Å². The van der Waals surface area contributed by atoms with Crippen LogP contribution in [0, 0.1) is 6.92 Å². The second kappa shape index (κ2) is 7.34. The van der Waals surface area contributed by atoms with Crippen LogP contribution in [-0.4, -0.2) is 58.7 Å². The Morgan fingerprint density at radius 2 is 1.96 bits per heavy atom. The molecule has 1 aliphatic rings. The van der Waals surface area contributed by atoms with Crippen molar-refractivity contribution in [3.05, 3.63) is 47.4 Å². The number of nitrogens with zero attached hydrogens (tertiary/aromatic N) is 4. The Balaban J connectivity index is 2.08. The fourth-order valence-electron chi connectivity index (χ4n) is 3.31. The predicted molar refractivity (Wildman–Crippen MR) is 100 cm³/mol. The number of rotatable bonds is 5. The first-order valence-electron chi connectivity index (χ1n) is 8.59. The van der Waals surface area contributed by atoms with Gasteiger partial charge in [0.05, 0.1) is 23.0 Å². The molecule has 0 spiro atoms. The Bertz CT molecular complexity index is 975. The number of aromatic carboxylic acids is 1. The number of aromatic nitrogens is 2. The molecule has 1 aliphatic heterocycles. The third-order valence-electron chi connectivity index (χ3n) is 4.59. The van der Waals surface area contributed by atoms with Crippen molar-refractivity contribution in [2.45, 2.75) is 25.8 Å². The fraction of sp³-hybridized carbons (Fsp3) is 0.389. The van der Waals surface area contributed by atoms with Crippen molar-refractivity contribution in [2.24, 2.45) is 0 Å². The van der Waals surface area contributed by atoms with Crippen molar-refractivity contribution >= 4 is 16.2 Å². The van der Waals surface area contributed by atoms with Gasteiger partial charge in [-0.25, -0.2) is 14.8 Å². The van der Waals surface area contributed by atoms with E-state index in [-0.39, 0.29) is 5.56 Å². The van der Waals surface area contributed by atoms with Gasteiger partial charge in [0, 0.05) is 26.2 Å². The molecule has 0 bridgehead atoms. The first-order valence-corrected chi connectivity index (χ1v) is 9.99. The summed E-state index contributed by atoms with van der Waals surface area (Å²) in [5.74, 6) is -0.571. The Kier molecular flexibility index (Phi) is 5.27. The maximum absolute atomic E-state index is 12.6. The second-order valence-corrected chi connectivity index (χ2v) is 8.73. The van der Waals surface area contributed by atoms with Gasteiger partial charge in [-0.1, -0.05) is 18.2 Å². The van der Waals surface area contributed by atoms with E-state index in [0.29, 0.717) is 35.7 Å². The van der Waals surface area contributed by atoms with Crippen LogP contribution in [-0.2, 0) is 10.2 Å². The van der Waals surface area contributed by atoms with Gasteiger partial charge in [-0.3, -0.25) is 0 Å². The van der Waals surface area contributed by atoms with Crippen molar-refractivity contribution < 1.29 is 18.3 Å². The van der Waals surface area contributed by atoms with Crippen LogP contribution in [0.25, 0.3) is 11.3 Å². The average Bonchev–Trinajstić information content (AvgIpc) is 3.11. The summed E-state index contributed by atoms with van der Waals surface area (Å²) >= 11 is 0. The molecule has 1 fully saturated rings. The molecular formula is C18H22N4O4S. The number of hydrogen-bond acceptors (Lipinski definition) is 5. The van der Waals surface area contributed by atoms with Crippen molar-refractivity contribution in [3.8, 4) is 11.3 Å². The molecule has 1 N–H and O–H groups in total. The highest BCUT2D eigenvalue weighted by atomic mass is 32.2. The van der Waals surface area contributed by atoms with Crippen molar-refractivity contribution in [1.82, 2.24) is 18.6 Å². The minimum atomic E-state index is -3.57. The number of carboxylic acid groups (broad SMARTS) is 1. The molecule has 9 heteroatoms. The third kappa shape index (κ3) is 3.71. The highest BCUT2D eigenvalue weighted by molar-refractivity contribution is 7.86. The van der Waals surface area contributed by atoms with Crippen LogP contribution >= 0.6 is 0 Å². The standard InChI is InChI=1S/C18H22N4O4S/c1-12-19-15(13-7-4-5-8-14(13)18(23)24)11-16(20-12)17-9-6-10-22(17)27(25,26)21(2)3/h4-5,7-8,11,17H,6,9-10H2,1-3H3,(H,23,24). The summed E-state index contributed by atoms with van der Waals surface area (Å²) in [4.78, 5) is 20.4. The quantitative estimate of drug-likeness (QED) is 0.838. The monoisotopic (exact) mass is 390 g/mol. The molecular weight excluding hydrogens is 368 g/mol. The number of benzene rings is 1. The first-order chi connectivity index (χ1) is 12.7. The van der Waals surface area contributed by atoms with Gasteiger partial charge in [0.1, 0.15) is 5.82 Å². The largest absolute Gasteiger partial charge is 0.478 e. The van der Waals surface area contributed by atoms with Crippen LogP contribution in [0.3, 0.4) is 0 Å². The van der Waals surface area contributed by atoms with Crippen LogP contribution in [0.1, 0.15) is 40.8 Å². The Morgan fingerprint density at radius 1 is 1.26 bits per heavy atom. The van der Waals surface area contributed by atoms with Crippen LogP contribution in [0.15, 0.2) is 30.3 Å². The van der Waals surface area contributed by atoms with Gasteiger partial charge >= 0.3 is 5.97 Å². The van der Waals surface area contributed by atoms with E-state index in [1.54, 1.807) is 31.2 Å². The molecule has 3 rings (SSSR count). The second-order valence-electron chi connectivity index (χ2n) is 6.63. The summed E-state index contributed by atoms with van der Waals surface area (Å²) in [5.41, 5.74) is 1.69. The normalized spacial score (nSPS) is 18.1. The summed E-state index contributed by atoms with van der Waals surface area (Å²) in [6.07, 6.45) is 1.39. The summed E-state index contributed by atoms with van der Waals surface area (Å²) in [6, 6.07) is 7.92. The molecule has 1 saturated heterocycles. The molecule has 1 atom stereocenters. The SMILES string of the molecule is Cc1nc(-c2ccccc2C(=O)O)cc(C2CCCN2S(=O)(=O)N(C)C)n1. The highest BCUT2D eigenvalue weighted by Crippen LogP contribution is 2.35. The lowest BCUT2D eigenvalue weighted by molar-refractivity contribution is 0.0697. The number of hydrogen-bond donors (Lipinski definition) is 1. The Labute approximate surface area is 158 Å². The van der Waals surface area contributed by atoms with E-state index in [9.17, 15) is 18.3 Å². The van der Waals surface area contributed by atoms with Gasteiger partial charge in [0.25, 0.3) is 10.2 Å². The maximum Gasteiger partial charge on any atom is 0.336 e. The van der Waals surface area contributed by atoms with Crippen LogP contribution < -0.4 is 0 Å². The highest BCUT2D eigenvalue weighted by Gasteiger charge is 2.37. The lowest BCUT2D eigenvalue weighted by Gasteiger charge is -2.27. The first kappa shape index (κ1) is 19.4. The lowest BCUT2D eigenvalue weighted by atomic mass is 10.0. The minimum Gasteiger partial charge on any atom is -0.478 e. The zero-order chi connectivity index (χ0) is 19.8. The van der Waals surface area contributed by atoms with E-state index >= 15 is 0 Å². The smallest absolute Gasteiger partial charge is 0.336 e. The number of carboxylic acids is 1. The van der Waals surface area contributed by atoms with Crippen LogP contribution in [0.2, 0.25) is 0 Å². The molecule has 1 aromatic heterocycles. The van der Waals surface area contributed by atoms with Gasteiger partial charge in [-0.05, 0) is 31.9 Å². The average molecular weight is 390 g/mol. The third-order valence-corrected chi connectivity index (χ3v) is 6.55. The molecule has 2 aromatic rings. The topological polar surface area (TPSA) is 104 Å². The van der Waals surface area contributed by atoms with E-state index in [1.807, 2.05) is 0 Å². The minimum absolute atomic E-state index is 0.144. The van der Waals surface area contributed by atoms with E-state index < -0.39 is 22.2 Å². The predicted octanol–water partition coefficient (Wildman–Crippen LogP) is 2.09. The zero-order valence-electron chi connectivity index (χ0n) is 15.5. The molecule has 2 heterocycles. The number of carbonyl (C=O) groups is 1. The Morgan fingerprint density at radius 3 is 2.63 bits per heavy atom. The van der Waals surface area contributed by atoms with E-state index in [1.165, 1.54) is 28.8 Å². The molecule has 0 saturated carbocycles. The lowest BCUT2D eigenvalue weighted by Crippen LogP contribution is -2.39. The summed E-state index contributed by atoms with van der Waals surface area (Å²) in [7, 11) is -0.565. The van der Waals surface area contributed by atoms with Crippen LogP contribution in [0.4, 0.5) is 0 Å². The molecule has 0 radical (unpaired) electrons. The zero-order valence-corrected chi connectivity index (χ0v) is 16.3. The molecule has 0 amide bonds. The Hall–Kier alpha value is -2.36. The van der Waals surface area contributed by atoms with Gasteiger partial charge < -0.3 is 5.11 Å². The maximum atomic E-state index is 12.6. The van der Waals surface area contributed by atoms with Gasteiger partial charge in [0.2, 0.25) is 0 Å². The molecule has 27 heavy (non-hydrogen) atoms. The van der Waals surface area contributed by atoms with Crippen molar-refractivity contribution in [3.63, 3.8) is 0 Å². The summed E-state index contributed by atoms with van der Waals surface area (Å²) in [6.45, 7) is 2.14. The molecule has 8 nitrogen and oxygen atoms in total. The summed E-state index contributed by atoms with van der Waals surface area (Å²) < 4.78 is 27.9. The molecule has 144 valence electrons. The summed E-state index contributed by atoms with van der Waals surface area (Å²) in [5, 5.41) is 9.45. The van der Waals surface area contributed by atoms with Crippen LogP contribution in [0.5, 0.6) is 0 Å². The van der Waals surface area contributed by atoms with Crippen molar-refractivity contribution in [1.29, 1.82) is 0 Å². The van der Waals surface area contributed by atoms with Crippen molar-refractivity contribution in [2.75, 3.05) is 20.6 Å². The molecule has 1 unspecified atom stereocenters. The van der Waals surface area contributed by atoms with Gasteiger partial charge in [-0.15, -0.1) is 0 Å². The van der Waals surface area contributed by atoms with E-state index in [0.717, 1.165) is 6.42 Å². The van der Waals surface area contributed by atoms with Gasteiger partial charge in [0.15, 0.2) is 0 Å². The molecule has 0 aliphatic carbocycles. The molecule has 1 aromatic carbocycles. The van der Waals surface area contributed by atoms with E-state index in [2.05, 4.69) is 9.97 Å². The number of aryl methyl sites for hydroxylation is 1. The fourth-order valence-corrected chi connectivity index (χ4v) is 4.63. The van der Waals surface area contributed by atoms with Gasteiger partial charge in [-0.2, -0.15) is 17.0 Å².